The SMILES string of the molecule is CC(C)C[C@H](NC(=O)CNC(=O)c1cc(Cl)ccc1Cl)B1OC(=O)CS[C@@H](C)C(=O)O1. The number of thioether (sulfide) groups is 1. The summed E-state index contributed by atoms with van der Waals surface area (Å²) in [5.41, 5.74) is 0.134. The lowest BCUT2D eigenvalue weighted by Gasteiger charge is -2.27. The number of rotatable bonds is 7. The molecule has 1 aromatic rings. The highest BCUT2D eigenvalue weighted by Gasteiger charge is 2.41. The van der Waals surface area contributed by atoms with Gasteiger partial charge in [-0.3, -0.25) is 19.2 Å². The molecule has 0 saturated carbocycles. The van der Waals surface area contributed by atoms with Crippen molar-refractivity contribution in [3.8, 4) is 0 Å². The Kier molecular flexibility index (Phi) is 9.52. The maximum absolute atomic E-state index is 12.5. The van der Waals surface area contributed by atoms with E-state index in [0.717, 1.165) is 11.8 Å². The fourth-order valence-electron chi connectivity index (χ4n) is 2.75. The van der Waals surface area contributed by atoms with Crippen LogP contribution in [0.15, 0.2) is 18.2 Å². The Morgan fingerprint density at radius 2 is 1.97 bits per heavy atom. The number of hydrogen-bond acceptors (Lipinski definition) is 7. The van der Waals surface area contributed by atoms with Gasteiger partial charge < -0.3 is 19.9 Å². The van der Waals surface area contributed by atoms with Crippen molar-refractivity contribution in [3.63, 3.8) is 0 Å². The highest BCUT2D eigenvalue weighted by molar-refractivity contribution is 8.01. The van der Waals surface area contributed by atoms with Crippen molar-refractivity contribution >= 4 is 65.8 Å². The first-order valence-electron chi connectivity index (χ1n) is 9.61. The van der Waals surface area contributed by atoms with E-state index in [1.165, 1.54) is 12.1 Å². The minimum atomic E-state index is -1.26. The lowest BCUT2D eigenvalue weighted by molar-refractivity contribution is -0.140. The number of amides is 2. The smallest absolute Gasteiger partial charge is 0.497 e. The average Bonchev–Trinajstić information content (AvgIpc) is 2.69. The van der Waals surface area contributed by atoms with E-state index in [1.807, 2.05) is 13.8 Å². The van der Waals surface area contributed by atoms with Crippen LogP contribution in [-0.4, -0.2) is 54.4 Å². The van der Waals surface area contributed by atoms with Crippen LogP contribution in [0.25, 0.3) is 0 Å². The zero-order chi connectivity index (χ0) is 23.1. The molecule has 2 rings (SSSR count). The van der Waals surface area contributed by atoms with Crippen LogP contribution in [0.2, 0.25) is 10.0 Å². The molecule has 2 amide bonds. The van der Waals surface area contributed by atoms with Crippen molar-refractivity contribution in [1.82, 2.24) is 10.6 Å². The summed E-state index contributed by atoms with van der Waals surface area (Å²) in [4.78, 5) is 48.9. The van der Waals surface area contributed by atoms with Crippen LogP contribution in [0, 0.1) is 5.92 Å². The van der Waals surface area contributed by atoms with Crippen LogP contribution in [0.4, 0.5) is 0 Å². The number of nitrogens with one attached hydrogen (secondary N) is 2. The molecule has 1 aliphatic heterocycles. The molecule has 1 aromatic carbocycles. The number of carbonyl (C=O) groups excluding carboxylic acids is 4. The Labute approximate surface area is 195 Å². The van der Waals surface area contributed by atoms with Gasteiger partial charge in [0.15, 0.2) is 0 Å². The van der Waals surface area contributed by atoms with Crippen molar-refractivity contribution in [3.05, 3.63) is 33.8 Å². The number of benzene rings is 1. The molecule has 0 radical (unpaired) electrons. The average molecular weight is 489 g/mol. The second-order valence-electron chi connectivity index (χ2n) is 7.36. The van der Waals surface area contributed by atoms with E-state index >= 15 is 0 Å². The van der Waals surface area contributed by atoms with Crippen molar-refractivity contribution in [2.75, 3.05) is 12.3 Å². The summed E-state index contributed by atoms with van der Waals surface area (Å²) in [6.45, 7) is 5.09. The second kappa shape index (κ2) is 11.6. The normalized spacial score (nSPS) is 17.9. The molecule has 2 atom stereocenters. The van der Waals surface area contributed by atoms with Gasteiger partial charge in [0, 0.05) is 5.02 Å². The molecular formula is C19H23BCl2N2O6S. The van der Waals surface area contributed by atoms with Gasteiger partial charge in [-0.1, -0.05) is 37.0 Å². The monoisotopic (exact) mass is 488 g/mol. The second-order valence-corrected chi connectivity index (χ2v) is 9.53. The molecule has 2 N–H and O–H groups in total. The van der Waals surface area contributed by atoms with Crippen LogP contribution in [0.5, 0.6) is 0 Å². The lowest BCUT2D eigenvalue weighted by atomic mass is 9.73. The van der Waals surface area contributed by atoms with E-state index in [1.54, 1.807) is 13.0 Å². The maximum Gasteiger partial charge on any atom is 0.622 e. The minimum Gasteiger partial charge on any atom is -0.497 e. The quantitative estimate of drug-likeness (QED) is 0.567. The largest absolute Gasteiger partial charge is 0.622 e. The Morgan fingerprint density at radius 3 is 2.65 bits per heavy atom. The molecule has 31 heavy (non-hydrogen) atoms. The molecule has 1 fully saturated rings. The van der Waals surface area contributed by atoms with E-state index in [2.05, 4.69) is 10.6 Å². The summed E-state index contributed by atoms with van der Waals surface area (Å²) in [6.07, 6.45) is 0.382. The molecule has 0 spiro atoms. The molecule has 168 valence electrons. The standard InChI is InChI=1S/C19H23BCl2N2O6S/c1-10(2)6-15(20-29-17(26)9-31-11(3)19(28)30-20)24-16(25)8-23-18(27)13-7-12(21)4-5-14(13)22/h4-5,7,10-11,15H,6,8-9H2,1-3H3,(H,23,27)(H,24,25)/t11-,15-/m0/s1. The number of halogens is 2. The minimum absolute atomic E-state index is 0.00552. The van der Waals surface area contributed by atoms with Gasteiger partial charge >= 0.3 is 19.1 Å². The number of hydrogen-bond donors (Lipinski definition) is 2. The van der Waals surface area contributed by atoms with Gasteiger partial charge in [0.1, 0.15) is 0 Å². The van der Waals surface area contributed by atoms with Crippen molar-refractivity contribution in [2.45, 2.75) is 38.4 Å². The first-order chi connectivity index (χ1) is 14.6. The Balaban J connectivity index is 2.04. The molecule has 0 aromatic heterocycles. The van der Waals surface area contributed by atoms with Crippen LogP contribution >= 0.6 is 35.0 Å². The van der Waals surface area contributed by atoms with Crippen molar-refractivity contribution in [1.29, 1.82) is 0 Å². The predicted molar refractivity (Wildman–Crippen MR) is 120 cm³/mol. The molecule has 0 aliphatic carbocycles. The van der Waals surface area contributed by atoms with E-state index < -0.39 is 42.1 Å². The van der Waals surface area contributed by atoms with Gasteiger partial charge in [-0.15, -0.1) is 11.8 Å². The summed E-state index contributed by atoms with van der Waals surface area (Å²) in [5, 5.41) is 5.13. The highest BCUT2D eigenvalue weighted by Crippen LogP contribution is 2.21. The first-order valence-corrected chi connectivity index (χ1v) is 11.4. The Morgan fingerprint density at radius 1 is 1.26 bits per heavy atom. The van der Waals surface area contributed by atoms with Crippen LogP contribution in [0.3, 0.4) is 0 Å². The topological polar surface area (TPSA) is 111 Å². The molecule has 8 nitrogen and oxygen atoms in total. The highest BCUT2D eigenvalue weighted by atomic mass is 35.5. The molecule has 1 heterocycles. The third-order valence-corrected chi connectivity index (χ3v) is 5.91. The summed E-state index contributed by atoms with van der Waals surface area (Å²) in [6, 6.07) is 4.42. The fourth-order valence-corrected chi connectivity index (χ4v) is 3.78. The van der Waals surface area contributed by atoms with Gasteiger partial charge in [-0.2, -0.15) is 0 Å². The van der Waals surface area contributed by atoms with Gasteiger partial charge in [0.25, 0.3) is 5.91 Å². The molecule has 1 aliphatic rings. The summed E-state index contributed by atoms with van der Waals surface area (Å²) < 4.78 is 10.6. The zero-order valence-corrected chi connectivity index (χ0v) is 19.6. The molecule has 1 saturated heterocycles. The van der Waals surface area contributed by atoms with Gasteiger partial charge in [-0.25, -0.2) is 0 Å². The third-order valence-electron chi connectivity index (χ3n) is 4.25. The van der Waals surface area contributed by atoms with Crippen LogP contribution < -0.4 is 10.6 Å². The van der Waals surface area contributed by atoms with E-state index in [4.69, 9.17) is 32.5 Å². The van der Waals surface area contributed by atoms with Gasteiger partial charge in [0.2, 0.25) is 5.91 Å². The molecule has 0 bridgehead atoms. The Bertz CT molecular complexity index is 857. The van der Waals surface area contributed by atoms with Crippen LogP contribution in [0.1, 0.15) is 37.6 Å². The summed E-state index contributed by atoms with van der Waals surface area (Å²) in [5.74, 6) is -2.87. The predicted octanol–water partition coefficient (Wildman–Crippen LogP) is 2.50. The Hall–Kier alpha value is -1.91. The summed E-state index contributed by atoms with van der Waals surface area (Å²) in [7, 11) is -1.26. The van der Waals surface area contributed by atoms with E-state index in [-0.39, 0.29) is 28.8 Å². The lowest BCUT2D eigenvalue weighted by Crippen LogP contribution is -2.54. The van der Waals surface area contributed by atoms with Gasteiger partial charge in [-0.05, 0) is 37.5 Å². The third kappa shape index (κ3) is 7.94. The molecule has 0 unspecified atom stereocenters. The van der Waals surface area contributed by atoms with Gasteiger partial charge in [0.05, 0.1) is 34.1 Å². The summed E-state index contributed by atoms with van der Waals surface area (Å²) >= 11 is 13.0. The first kappa shape index (κ1) is 25.4. The molecular weight excluding hydrogens is 466 g/mol. The van der Waals surface area contributed by atoms with E-state index in [9.17, 15) is 19.2 Å². The van der Waals surface area contributed by atoms with Crippen molar-refractivity contribution in [2.24, 2.45) is 5.92 Å². The fraction of sp³-hybridized carbons (Fsp3) is 0.474. The molecule has 12 heteroatoms. The van der Waals surface area contributed by atoms with Crippen molar-refractivity contribution < 1.29 is 28.5 Å². The maximum atomic E-state index is 12.5. The zero-order valence-electron chi connectivity index (χ0n) is 17.3. The number of carbonyl (C=O) groups is 4. The van der Waals surface area contributed by atoms with E-state index in [0.29, 0.717) is 11.4 Å². The van der Waals surface area contributed by atoms with Crippen LogP contribution in [-0.2, 0) is 23.7 Å².